The average molecular weight is 351 g/mol. The third-order valence-corrected chi connectivity index (χ3v) is 4.23. The van der Waals surface area contributed by atoms with Crippen LogP contribution in [0.5, 0.6) is 0 Å². The van der Waals surface area contributed by atoms with Gasteiger partial charge in [0.25, 0.3) is 0 Å². The van der Waals surface area contributed by atoms with Crippen molar-refractivity contribution >= 4 is 11.0 Å². The SMILES string of the molecule is CCC(C#Cc1c(CCN)c(=O)c2cccnc2n1-n1ccnc1)CO. The number of hydrogen-bond donors (Lipinski definition) is 2. The first kappa shape index (κ1) is 17.9. The van der Waals surface area contributed by atoms with Crippen molar-refractivity contribution < 1.29 is 5.11 Å². The minimum absolute atomic E-state index is 0.0309. The molecule has 7 heteroatoms. The smallest absolute Gasteiger partial charge is 0.195 e. The number of nitrogens with two attached hydrogens (primary N) is 1. The van der Waals surface area contributed by atoms with Crippen LogP contribution >= 0.6 is 0 Å². The minimum Gasteiger partial charge on any atom is -0.395 e. The third kappa shape index (κ3) is 3.25. The van der Waals surface area contributed by atoms with Crippen LogP contribution in [0.25, 0.3) is 11.0 Å². The zero-order valence-electron chi connectivity index (χ0n) is 14.6. The van der Waals surface area contributed by atoms with Crippen LogP contribution in [0.1, 0.15) is 24.6 Å². The van der Waals surface area contributed by atoms with Crippen LogP contribution in [0.3, 0.4) is 0 Å². The number of imidazole rings is 1. The van der Waals surface area contributed by atoms with E-state index in [0.29, 0.717) is 35.3 Å². The Hall–Kier alpha value is -2.95. The second kappa shape index (κ2) is 7.95. The van der Waals surface area contributed by atoms with Crippen molar-refractivity contribution in [1.82, 2.24) is 19.3 Å². The molecule has 3 aromatic rings. The molecule has 0 saturated heterocycles. The summed E-state index contributed by atoms with van der Waals surface area (Å²) in [5, 5.41) is 9.94. The van der Waals surface area contributed by atoms with Gasteiger partial charge >= 0.3 is 0 Å². The molecule has 1 unspecified atom stereocenters. The number of nitrogens with zero attached hydrogens (tertiary/aromatic N) is 4. The summed E-state index contributed by atoms with van der Waals surface area (Å²) in [6.45, 7) is 2.26. The molecule has 0 amide bonds. The highest BCUT2D eigenvalue weighted by atomic mass is 16.3. The van der Waals surface area contributed by atoms with Crippen LogP contribution in [0.15, 0.2) is 41.8 Å². The largest absolute Gasteiger partial charge is 0.395 e. The Morgan fingerprint density at radius 3 is 2.88 bits per heavy atom. The van der Waals surface area contributed by atoms with Gasteiger partial charge in [-0.2, -0.15) is 0 Å². The Bertz CT molecular complexity index is 1010. The molecule has 3 N–H and O–H groups in total. The third-order valence-electron chi connectivity index (χ3n) is 4.23. The first-order valence-electron chi connectivity index (χ1n) is 8.54. The fourth-order valence-electron chi connectivity index (χ4n) is 2.79. The molecule has 26 heavy (non-hydrogen) atoms. The van der Waals surface area contributed by atoms with E-state index in [0.717, 1.165) is 6.42 Å². The molecular formula is C19H21N5O2. The lowest BCUT2D eigenvalue weighted by molar-refractivity contribution is 0.254. The van der Waals surface area contributed by atoms with Gasteiger partial charge < -0.3 is 10.8 Å². The summed E-state index contributed by atoms with van der Waals surface area (Å²) in [4.78, 5) is 21.5. The lowest BCUT2D eigenvalue weighted by Crippen LogP contribution is -2.25. The normalized spacial score (nSPS) is 12.0. The van der Waals surface area contributed by atoms with Gasteiger partial charge in [0.2, 0.25) is 0 Å². The highest BCUT2D eigenvalue weighted by molar-refractivity contribution is 5.77. The van der Waals surface area contributed by atoms with Gasteiger partial charge in [-0.15, -0.1) is 0 Å². The molecule has 0 bridgehead atoms. The maximum absolute atomic E-state index is 13.0. The zero-order chi connectivity index (χ0) is 18.5. The maximum Gasteiger partial charge on any atom is 0.195 e. The van der Waals surface area contributed by atoms with Crippen molar-refractivity contribution in [3.63, 3.8) is 0 Å². The molecule has 0 fully saturated rings. The van der Waals surface area contributed by atoms with Gasteiger partial charge in [0.1, 0.15) is 12.0 Å². The zero-order valence-corrected chi connectivity index (χ0v) is 14.6. The summed E-state index contributed by atoms with van der Waals surface area (Å²) in [6.07, 6.45) is 7.79. The van der Waals surface area contributed by atoms with Gasteiger partial charge in [-0.05, 0) is 37.4 Å². The molecule has 0 aliphatic heterocycles. The van der Waals surface area contributed by atoms with E-state index < -0.39 is 0 Å². The summed E-state index contributed by atoms with van der Waals surface area (Å²) in [5.41, 5.74) is 7.20. The number of aromatic nitrogens is 4. The first-order valence-corrected chi connectivity index (χ1v) is 8.54. The van der Waals surface area contributed by atoms with Crippen LogP contribution < -0.4 is 11.2 Å². The van der Waals surface area contributed by atoms with Crippen molar-refractivity contribution in [2.75, 3.05) is 13.2 Å². The average Bonchev–Trinajstić information content (AvgIpc) is 3.19. The van der Waals surface area contributed by atoms with Crippen LogP contribution in [0.4, 0.5) is 0 Å². The van der Waals surface area contributed by atoms with E-state index in [-0.39, 0.29) is 18.0 Å². The van der Waals surface area contributed by atoms with Crippen molar-refractivity contribution in [1.29, 1.82) is 0 Å². The van der Waals surface area contributed by atoms with Gasteiger partial charge in [0.15, 0.2) is 11.1 Å². The van der Waals surface area contributed by atoms with E-state index in [2.05, 4.69) is 21.8 Å². The van der Waals surface area contributed by atoms with Crippen LogP contribution in [-0.2, 0) is 6.42 Å². The molecule has 0 saturated carbocycles. The second-order valence-electron chi connectivity index (χ2n) is 5.88. The Labute approximate surface area is 151 Å². The minimum atomic E-state index is -0.161. The van der Waals surface area contributed by atoms with E-state index in [1.54, 1.807) is 46.4 Å². The summed E-state index contributed by atoms with van der Waals surface area (Å²) in [7, 11) is 0. The molecule has 134 valence electrons. The lowest BCUT2D eigenvalue weighted by atomic mass is 10.0. The van der Waals surface area contributed by atoms with E-state index in [4.69, 9.17) is 5.73 Å². The number of hydrogen-bond acceptors (Lipinski definition) is 5. The highest BCUT2D eigenvalue weighted by Crippen LogP contribution is 2.15. The number of fused-ring (bicyclic) bond motifs is 1. The van der Waals surface area contributed by atoms with E-state index in [9.17, 15) is 9.90 Å². The van der Waals surface area contributed by atoms with E-state index in [1.807, 2.05) is 6.92 Å². The van der Waals surface area contributed by atoms with Crippen molar-refractivity contribution in [3.8, 4) is 11.8 Å². The fourth-order valence-corrected chi connectivity index (χ4v) is 2.79. The van der Waals surface area contributed by atoms with E-state index >= 15 is 0 Å². The number of pyridine rings is 2. The topological polar surface area (TPSA) is 99.0 Å². The predicted octanol–water partition coefficient (Wildman–Crippen LogP) is 0.776. The monoisotopic (exact) mass is 351 g/mol. The quantitative estimate of drug-likeness (QED) is 0.662. The van der Waals surface area contributed by atoms with Gasteiger partial charge in [-0.3, -0.25) is 4.79 Å². The van der Waals surface area contributed by atoms with Gasteiger partial charge in [0.05, 0.1) is 12.0 Å². The Kier molecular flexibility index (Phi) is 5.46. The Morgan fingerprint density at radius 1 is 1.38 bits per heavy atom. The molecule has 0 aromatic carbocycles. The van der Waals surface area contributed by atoms with Crippen molar-refractivity contribution in [2.24, 2.45) is 11.7 Å². The standard InChI is InChI=1S/C19H21N5O2/c1-2-14(12-25)5-6-17-15(7-8-20)18(26)16-4-3-9-22-19(16)24(17)23-11-10-21-13-23/h3-4,9-11,13-14,25H,2,7-8,12,20H2,1H3. The summed E-state index contributed by atoms with van der Waals surface area (Å²) in [6, 6.07) is 3.48. The van der Waals surface area contributed by atoms with Crippen LogP contribution in [-0.4, -0.2) is 37.6 Å². The predicted molar refractivity (Wildman–Crippen MR) is 99.5 cm³/mol. The first-order chi connectivity index (χ1) is 12.7. The molecule has 0 aliphatic carbocycles. The summed E-state index contributed by atoms with van der Waals surface area (Å²) in [5.74, 6) is 6.00. The summed E-state index contributed by atoms with van der Waals surface area (Å²) < 4.78 is 3.50. The molecule has 0 radical (unpaired) electrons. The second-order valence-corrected chi connectivity index (χ2v) is 5.88. The fraction of sp³-hybridized carbons (Fsp3) is 0.316. The van der Waals surface area contributed by atoms with Gasteiger partial charge in [-0.25, -0.2) is 19.3 Å². The molecule has 1 atom stereocenters. The molecular weight excluding hydrogens is 330 g/mol. The van der Waals surface area contributed by atoms with Gasteiger partial charge in [-0.1, -0.05) is 12.8 Å². The molecule has 3 rings (SSSR count). The Morgan fingerprint density at radius 2 is 2.23 bits per heavy atom. The number of aliphatic hydroxyl groups excluding tert-OH is 1. The highest BCUT2D eigenvalue weighted by Gasteiger charge is 2.17. The number of aliphatic hydroxyl groups is 1. The number of rotatable bonds is 5. The van der Waals surface area contributed by atoms with Crippen molar-refractivity contribution in [3.05, 3.63) is 58.5 Å². The molecule has 3 heterocycles. The molecule has 0 aliphatic rings. The van der Waals surface area contributed by atoms with Gasteiger partial charge in [0, 0.05) is 30.1 Å². The molecule has 0 spiro atoms. The molecule has 3 aromatic heterocycles. The maximum atomic E-state index is 13.0. The van der Waals surface area contributed by atoms with Crippen LogP contribution in [0.2, 0.25) is 0 Å². The van der Waals surface area contributed by atoms with Crippen molar-refractivity contribution in [2.45, 2.75) is 19.8 Å². The lowest BCUT2D eigenvalue weighted by Gasteiger charge is -2.17. The Balaban J connectivity index is 2.40. The summed E-state index contributed by atoms with van der Waals surface area (Å²) >= 11 is 0. The molecule has 7 nitrogen and oxygen atoms in total. The van der Waals surface area contributed by atoms with E-state index in [1.165, 1.54) is 0 Å². The van der Waals surface area contributed by atoms with Crippen LogP contribution in [0, 0.1) is 17.8 Å².